The second-order valence-corrected chi connectivity index (χ2v) is 3.91. The Bertz CT molecular complexity index is 250. The molecule has 0 aliphatic carbocycles. The van der Waals surface area contributed by atoms with E-state index in [9.17, 15) is 0 Å². The van der Waals surface area contributed by atoms with Crippen LogP contribution in [0.25, 0.3) is 0 Å². The molecule has 0 aliphatic rings. The zero-order chi connectivity index (χ0) is 11.6. The number of rotatable bonds is 9. The molecule has 5 nitrogen and oxygen atoms in total. The van der Waals surface area contributed by atoms with Crippen LogP contribution in [0.15, 0.2) is 12.3 Å². The summed E-state index contributed by atoms with van der Waals surface area (Å²) in [6, 6.07) is 1.98. The largest absolute Gasteiger partial charge is 0.383 e. The minimum absolute atomic E-state index is 0.804. The number of hydrogen-bond acceptors (Lipinski definition) is 4. The van der Waals surface area contributed by atoms with Gasteiger partial charge in [-0.05, 0) is 32.6 Å². The molecule has 0 radical (unpaired) electrons. The predicted octanol–water partition coefficient (Wildman–Crippen LogP) is 0.468. The van der Waals surface area contributed by atoms with Crippen molar-refractivity contribution < 1.29 is 4.74 Å². The van der Waals surface area contributed by atoms with Gasteiger partial charge in [0.15, 0.2) is 0 Å². The van der Waals surface area contributed by atoms with Crippen molar-refractivity contribution in [3.05, 3.63) is 18.0 Å². The number of methoxy groups -OCH3 is 1. The lowest BCUT2D eigenvalue weighted by Crippen LogP contribution is -2.26. The number of nitrogens with zero attached hydrogens (tertiary/aromatic N) is 2. The summed E-state index contributed by atoms with van der Waals surface area (Å²) in [5.74, 6) is 0. The maximum atomic E-state index is 5.02. The first-order valence-electron chi connectivity index (χ1n) is 5.69. The van der Waals surface area contributed by atoms with E-state index in [0.717, 1.165) is 44.9 Å². The van der Waals surface area contributed by atoms with Crippen molar-refractivity contribution in [2.24, 2.45) is 0 Å². The summed E-state index contributed by atoms with van der Waals surface area (Å²) < 4.78 is 5.02. The maximum Gasteiger partial charge on any atom is 0.0589 e. The molecule has 0 saturated heterocycles. The van der Waals surface area contributed by atoms with Crippen LogP contribution in [0.3, 0.4) is 0 Å². The highest BCUT2D eigenvalue weighted by molar-refractivity contribution is 4.96. The number of aromatic amines is 1. The van der Waals surface area contributed by atoms with Crippen LogP contribution in [0, 0.1) is 0 Å². The first kappa shape index (κ1) is 13.2. The van der Waals surface area contributed by atoms with E-state index in [-0.39, 0.29) is 0 Å². The third-order valence-electron chi connectivity index (χ3n) is 2.44. The van der Waals surface area contributed by atoms with Crippen molar-refractivity contribution >= 4 is 0 Å². The third-order valence-corrected chi connectivity index (χ3v) is 2.44. The molecule has 0 spiro atoms. The van der Waals surface area contributed by atoms with E-state index in [1.165, 1.54) is 0 Å². The zero-order valence-electron chi connectivity index (χ0n) is 10.2. The van der Waals surface area contributed by atoms with Crippen LogP contribution in [-0.2, 0) is 11.3 Å². The first-order valence-corrected chi connectivity index (χ1v) is 5.69. The Balaban J connectivity index is 1.91. The molecule has 0 unspecified atom stereocenters. The molecule has 1 rings (SSSR count). The van der Waals surface area contributed by atoms with Crippen LogP contribution >= 0.6 is 0 Å². The van der Waals surface area contributed by atoms with E-state index >= 15 is 0 Å². The highest BCUT2D eigenvalue weighted by Crippen LogP contribution is 1.91. The van der Waals surface area contributed by atoms with Crippen LogP contribution in [0.4, 0.5) is 0 Å². The summed E-state index contributed by atoms with van der Waals surface area (Å²) in [4.78, 5) is 2.28. The molecule has 1 aromatic rings. The lowest BCUT2D eigenvalue weighted by atomic mass is 10.3. The Hall–Kier alpha value is -0.910. The fourth-order valence-electron chi connectivity index (χ4n) is 1.44. The van der Waals surface area contributed by atoms with E-state index in [1.807, 2.05) is 6.07 Å². The molecule has 0 aromatic carbocycles. The van der Waals surface area contributed by atoms with Gasteiger partial charge in [-0.3, -0.25) is 5.10 Å². The lowest BCUT2D eigenvalue weighted by molar-refractivity contribution is 0.160. The molecule has 0 bridgehead atoms. The average molecular weight is 226 g/mol. The Labute approximate surface area is 97.2 Å². The Kier molecular flexibility index (Phi) is 6.80. The van der Waals surface area contributed by atoms with Crippen molar-refractivity contribution in [2.45, 2.75) is 13.0 Å². The summed E-state index contributed by atoms with van der Waals surface area (Å²) in [5.41, 5.74) is 1.13. The minimum atomic E-state index is 0.804. The minimum Gasteiger partial charge on any atom is -0.383 e. The molecule has 1 heterocycles. The second kappa shape index (κ2) is 8.27. The quantitative estimate of drug-likeness (QED) is 0.601. The van der Waals surface area contributed by atoms with Crippen molar-refractivity contribution in [2.75, 3.05) is 40.4 Å². The van der Waals surface area contributed by atoms with Gasteiger partial charge in [0.2, 0.25) is 0 Å². The van der Waals surface area contributed by atoms with Gasteiger partial charge < -0.3 is 15.0 Å². The topological polar surface area (TPSA) is 53.2 Å². The zero-order valence-corrected chi connectivity index (χ0v) is 10.2. The number of ether oxygens (including phenoxy) is 1. The standard InChI is InChI=1S/C11H22N4O/c1-15(8-9-16-2)7-3-5-12-10-11-4-6-13-14-11/h4,6,12H,3,5,7-10H2,1-2H3,(H,13,14). The van der Waals surface area contributed by atoms with Crippen LogP contribution in [0.2, 0.25) is 0 Å². The summed E-state index contributed by atoms with van der Waals surface area (Å²) in [7, 11) is 3.85. The smallest absolute Gasteiger partial charge is 0.0589 e. The van der Waals surface area contributed by atoms with E-state index in [1.54, 1.807) is 13.3 Å². The summed E-state index contributed by atoms with van der Waals surface area (Å²) >= 11 is 0. The molecule has 0 saturated carbocycles. The van der Waals surface area contributed by atoms with Crippen LogP contribution in [0.1, 0.15) is 12.1 Å². The molecule has 0 aliphatic heterocycles. The SMILES string of the molecule is COCCN(C)CCCNCc1ccn[nH]1. The maximum absolute atomic E-state index is 5.02. The molecular weight excluding hydrogens is 204 g/mol. The molecule has 1 aromatic heterocycles. The van der Waals surface area contributed by atoms with Gasteiger partial charge in [-0.15, -0.1) is 0 Å². The van der Waals surface area contributed by atoms with E-state index in [2.05, 4.69) is 27.5 Å². The van der Waals surface area contributed by atoms with E-state index < -0.39 is 0 Å². The van der Waals surface area contributed by atoms with Gasteiger partial charge in [-0.1, -0.05) is 0 Å². The molecule has 16 heavy (non-hydrogen) atoms. The molecule has 2 N–H and O–H groups in total. The summed E-state index contributed by atoms with van der Waals surface area (Å²) in [6.45, 7) is 4.78. The number of likely N-dealkylation sites (N-methyl/N-ethyl adjacent to an activating group) is 1. The normalized spacial score (nSPS) is 11.2. The summed E-state index contributed by atoms with van der Waals surface area (Å²) in [6.07, 6.45) is 2.92. The predicted molar refractivity (Wildman–Crippen MR) is 64.3 cm³/mol. The Morgan fingerprint density at radius 1 is 1.50 bits per heavy atom. The van der Waals surface area contributed by atoms with Gasteiger partial charge in [-0.25, -0.2) is 0 Å². The fourth-order valence-corrected chi connectivity index (χ4v) is 1.44. The van der Waals surface area contributed by atoms with Crippen LogP contribution < -0.4 is 5.32 Å². The summed E-state index contributed by atoms with van der Waals surface area (Å²) in [5, 5.41) is 10.2. The van der Waals surface area contributed by atoms with E-state index in [4.69, 9.17) is 4.74 Å². The molecular formula is C11H22N4O. The highest BCUT2D eigenvalue weighted by Gasteiger charge is 1.97. The van der Waals surface area contributed by atoms with Crippen LogP contribution in [0.5, 0.6) is 0 Å². The van der Waals surface area contributed by atoms with Crippen LogP contribution in [-0.4, -0.2) is 55.5 Å². The van der Waals surface area contributed by atoms with Crippen molar-refractivity contribution in [1.82, 2.24) is 20.4 Å². The number of nitrogens with one attached hydrogen (secondary N) is 2. The highest BCUT2D eigenvalue weighted by atomic mass is 16.5. The number of H-pyrrole nitrogens is 1. The van der Waals surface area contributed by atoms with Gasteiger partial charge in [0, 0.05) is 32.1 Å². The monoisotopic (exact) mass is 226 g/mol. The Morgan fingerprint density at radius 3 is 3.06 bits per heavy atom. The molecule has 0 amide bonds. The van der Waals surface area contributed by atoms with Gasteiger partial charge in [-0.2, -0.15) is 5.10 Å². The molecule has 0 atom stereocenters. The molecule has 5 heteroatoms. The lowest BCUT2D eigenvalue weighted by Gasteiger charge is -2.15. The fraction of sp³-hybridized carbons (Fsp3) is 0.727. The van der Waals surface area contributed by atoms with Crippen molar-refractivity contribution in [3.63, 3.8) is 0 Å². The number of hydrogen-bond donors (Lipinski definition) is 2. The van der Waals surface area contributed by atoms with Crippen molar-refractivity contribution in [3.8, 4) is 0 Å². The van der Waals surface area contributed by atoms with Gasteiger partial charge in [0.1, 0.15) is 0 Å². The van der Waals surface area contributed by atoms with Gasteiger partial charge in [0.05, 0.1) is 6.61 Å². The second-order valence-electron chi connectivity index (χ2n) is 3.91. The third kappa shape index (κ3) is 5.85. The van der Waals surface area contributed by atoms with Gasteiger partial charge >= 0.3 is 0 Å². The molecule has 0 fully saturated rings. The average Bonchev–Trinajstić information content (AvgIpc) is 2.79. The molecule has 92 valence electrons. The number of aromatic nitrogens is 2. The van der Waals surface area contributed by atoms with Crippen molar-refractivity contribution in [1.29, 1.82) is 0 Å². The Morgan fingerprint density at radius 2 is 2.38 bits per heavy atom. The van der Waals surface area contributed by atoms with E-state index in [0.29, 0.717) is 0 Å². The van der Waals surface area contributed by atoms with Gasteiger partial charge in [0.25, 0.3) is 0 Å². The first-order chi connectivity index (χ1) is 7.83.